The van der Waals surface area contributed by atoms with E-state index in [0.29, 0.717) is 22.7 Å². The van der Waals surface area contributed by atoms with Crippen LogP contribution in [0.15, 0.2) is 72.8 Å². The summed E-state index contributed by atoms with van der Waals surface area (Å²) in [6.07, 6.45) is 0. The van der Waals surface area contributed by atoms with Gasteiger partial charge in [0, 0.05) is 6.07 Å². The average molecular weight is 415 g/mol. The molecule has 0 radical (unpaired) electrons. The number of hydrogen-bond donors (Lipinski definition) is 1. The van der Waals surface area contributed by atoms with Gasteiger partial charge in [0.1, 0.15) is 11.5 Å². The van der Waals surface area contributed by atoms with Crippen LogP contribution in [0.4, 0.5) is 5.69 Å². The lowest BCUT2D eigenvalue weighted by molar-refractivity contribution is -0.119. The first-order valence-electron chi connectivity index (χ1n) is 9.70. The number of carbonyl (C=O) groups is 2. The summed E-state index contributed by atoms with van der Waals surface area (Å²) >= 11 is 0. The molecule has 1 amide bonds. The van der Waals surface area contributed by atoms with Crippen LogP contribution in [0.3, 0.4) is 0 Å². The number of anilines is 1. The smallest absolute Gasteiger partial charge is 0.339 e. The molecule has 0 aliphatic rings. The highest BCUT2D eigenvalue weighted by atomic mass is 16.5. The van der Waals surface area contributed by atoms with Crippen LogP contribution < -0.4 is 14.8 Å². The highest BCUT2D eigenvalue weighted by Crippen LogP contribution is 2.30. The summed E-state index contributed by atoms with van der Waals surface area (Å²) in [4.78, 5) is 25.5. The maximum Gasteiger partial charge on any atom is 0.339 e. The van der Waals surface area contributed by atoms with E-state index in [4.69, 9.17) is 14.2 Å². The van der Waals surface area contributed by atoms with Crippen molar-refractivity contribution in [3.8, 4) is 11.5 Å². The summed E-state index contributed by atoms with van der Waals surface area (Å²) < 4.78 is 15.8. The van der Waals surface area contributed by atoms with E-state index < -0.39 is 18.5 Å². The Kier molecular flexibility index (Phi) is 5.71. The molecule has 0 fully saturated rings. The van der Waals surface area contributed by atoms with Crippen molar-refractivity contribution in [1.82, 2.24) is 0 Å². The van der Waals surface area contributed by atoms with Crippen molar-refractivity contribution in [1.29, 1.82) is 0 Å². The molecule has 0 spiro atoms. The third kappa shape index (κ3) is 4.14. The maximum atomic E-state index is 13.0. The van der Waals surface area contributed by atoms with Gasteiger partial charge in [-0.2, -0.15) is 0 Å². The Bertz CT molecular complexity index is 1230. The molecular formula is C25H21NO5. The Morgan fingerprint density at radius 3 is 2.06 bits per heavy atom. The SMILES string of the molecule is COc1ccc(OC)c(NC(=O)COC(=O)c2c3ccccc3cc3ccccc23)c1. The fourth-order valence-electron chi connectivity index (χ4n) is 3.53. The molecule has 0 aliphatic heterocycles. The number of methoxy groups -OCH3 is 2. The lowest BCUT2D eigenvalue weighted by Crippen LogP contribution is -2.21. The lowest BCUT2D eigenvalue weighted by atomic mass is 9.97. The molecule has 0 aliphatic carbocycles. The molecule has 4 aromatic carbocycles. The number of nitrogens with one attached hydrogen (secondary N) is 1. The van der Waals surface area contributed by atoms with Gasteiger partial charge in [-0.3, -0.25) is 4.79 Å². The average Bonchev–Trinajstić information content (AvgIpc) is 2.80. The van der Waals surface area contributed by atoms with Crippen LogP contribution in [-0.2, 0) is 9.53 Å². The van der Waals surface area contributed by atoms with Gasteiger partial charge in [0.15, 0.2) is 6.61 Å². The number of fused-ring (bicyclic) bond motifs is 2. The Morgan fingerprint density at radius 2 is 1.45 bits per heavy atom. The van der Waals surface area contributed by atoms with Gasteiger partial charge in [0.05, 0.1) is 25.5 Å². The predicted octanol–water partition coefficient (Wildman–Crippen LogP) is 4.81. The molecule has 0 saturated heterocycles. The van der Waals surface area contributed by atoms with Crippen LogP contribution >= 0.6 is 0 Å². The van der Waals surface area contributed by atoms with Crippen LogP contribution in [0, 0.1) is 0 Å². The monoisotopic (exact) mass is 415 g/mol. The minimum atomic E-state index is -0.555. The van der Waals surface area contributed by atoms with Crippen molar-refractivity contribution in [2.75, 3.05) is 26.1 Å². The second-order valence-electron chi connectivity index (χ2n) is 6.88. The van der Waals surface area contributed by atoms with Crippen molar-refractivity contribution in [3.63, 3.8) is 0 Å². The zero-order chi connectivity index (χ0) is 21.8. The largest absolute Gasteiger partial charge is 0.497 e. The maximum absolute atomic E-state index is 13.0. The fourth-order valence-corrected chi connectivity index (χ4v) is 3.53. The molecule has 0 unspecified atom stereocenters. The minimum Gasteiger partial charge on any atom is -0.497 e. The molecule has 0 bridgehead atoms. The summed E-state index contributed by atoms with van der Waals surface area (Å²) in [6, 6.07) is 22.3. The Hall–Kier alpha value is -4.06. The number of amides is 1. The highest BCUT2D eigenvalue weighted by molar-refractivity contribution is 6.16. The van der Waals surface area contributed by atoms with Gasteiger partial charge in [-0.15, -0.1) is 0 Å². The first kappa shape index (κ1) is 20.2. The van der Waals surface area contributed by atoms with Crippen molar-refractivity contribution in [2.45, 2.75) is 0 Å². The topological polar surface area (TPSA) is 73.9 Å². The van der Waals surface area contributed by atoms with E-state index in [2.05, 4.69) is 5.32 Å². The van der Waals surface area contributed by atoms with Gasteiger partial charge in [0.25, 0.3) is 5.91 Å². The zero-order valence-electron chi connectivity index (χ0n) is 17.2. The third-order valence-corrected chi connectivity index (χ3v) is 4.99. The molecule has 4 rings (SSSR count). The van der Waals surface area contributed by atoms with Gasteiger partial charge in [-0.25, -0.2) is 4.79 Å². The molecule has 0 saturated carbocycles. The fraction of sp³-hybridized carbons (Fsp3) is 0.120. The van der Waals surface area contributed by atoms with Gasteiger partial charge in [-0.1, -0.05) is 48.5 Å². The third-order valence-electron chi connectivity index (χ3n) is 4.99. The molecule has 156 valence electrons. The van der Waals surface area contributed by atoms with Gasteiger partial charge in [-0.05, 0) is 39.7 Å². The molecule has 31 heavy (non-hydrogen) atoms. The van der Waals surface area contributed by atoms with E-state index in [1.165, 1.54) is 14.2 Å². The first-order valence-corrected chi connectivity index (χ1v) is 9.70. The second kappa shape index (κ2) is 8.75. The molecule has 0 atom stereocenters. The van der Waals surface area contributed by atoms with Crippen LogP contribution in [0.1, 0.15) is 10.4 Å². The minimum absolute atomic E-state index is 0.429. The number of hydrogen-bond acceptors (Lipinski definition) is 5. The highest BCUT2D eigenvalue weighted by Gasteiger charge is 2.18. The lowest BCUT2D eigenvalue weighted by Gasteiger charge is -2.13. The summed E-state index contributed by atoms with van der Waals surface area (Å²) in [5.41, 5.74) is 0.874. The quantitative estimate of drug-likeness (QED) is 0.362. The van der Waals surface area contributed by atoms with E-state index in [1.807, 2.05) is 54.6 Å². The number of rotatable bonds is 6. The standard InChI is InChI=1S/C25H21NO5/c1-29-18-11-12-22(30-2)21(14-18)26-23(27)15-31-25(28)24-19-9-5-3-7-16(19)13-17-8-4-6-10-20(17)24/h3-14H,15H2,1-2H3,(H,26,27). The molecule has 6 heteroatoms. The normalized spacial score (nSPS) is 10.6. The molecule has 0 aromatic heterocycles. The molecule has 6 nitrogen and oxygen atoms in total. The van der Waals surface area contributed by atoms with Crippen molar-refractivity contribution < 1.29 is 23.8 Å². The van der Waals surface area contributed by atoms with E-state index >= 15 is 0 Å². The van der Waals surface area contributed by atoms with Crippen LogP contribution in [0.5, 0.6) is 11.5 Å². The number of benzene rings is 4. The Labute approximate surface area is 179 Å². The number of carbonyl (C=O) groups excluding carboxylic acids is 2. The predicted molar refractivity (Wildman–Crippen MR) is 120 cm³/mol. The summed E-state index contributed by atoms with van der Waals surface area (Å²) in [7, 11) is 3.03. The van der Waals surface area contributed by atoms with Gasteiger partial charge in [0.2, 0.25) is 0 Å². The van der Waals surface area contributed by atoms with Gasteiger partial charge < -0.3 is 19.5 Å². The first-order chi connectivity index (χ1) is 15.1. The molecule has 0 heterocycles. The molecule has 4 aromatic rings. The number of ether oxygens (including phenoxy) is 3. The Balaban J connectivity index is 1.57. The van der Waals surface area contributed by atoms with E-state index in [0.717, 1.165) is 21.5 Å². The van der Waals surface area contributed by atoms with E-state index in [-0.39, 0.29) is 0 Å². The van der Waals surface area contributed by atoms with Crippen molar-refractivity contribution in [3.05, 3.63) is 78.4 Å². The molecule has 1 N–H and O–H groups in total. The summed E-state index contributed by atoms with van der Waals surface area (Å²) in [5.74, 6) is 0.000969. The number of esters is 1. The van der Waals surface area contributed by atoms with Crippen LogP contribution in [0.2, 0.25) is 0 Å². The van der Waals surface area contributed by atoms with E-state index in [1.54, 1.807) is 18.2 Å². The molecular weight excluding hydrogens is 394 g/mol. The van der Waals surface area contributed by atoms with Crippen molar-refractivity contribution in [2.24, 2.45) is 0 Å². The summed E-state index contributed by atoms with van der Waals surface area (Å²) in [6.45, 7) is -0.434. The summed E-state index contributed by atoms with van der Waals surface area (Å²) in [5, 5.41) is 6.11. The van der Waals surface area contributed by atoms with E-state index in [9.17, 15) is 9.59 Å². The Morgan fingerprint density at radius 1 is 0.806 bits per heavy atom. The van der Waals surface area contributed by atoms with Gasteiger partial charge >= 0.3 is 5.97 Å². The zero-order valence-corrected chi connectivity index (χ0v) is 17.2. The second-order valence-corrected chi connectivity index (χ2v) is 6.88. The van der Waals surface area contributed by atoms with Crippen molar-refractivity contribution >= 4 is 39.1 Å². The van der Waals surface area contributed by atoms with Crippen LogP contribution in [-0.4, -0.2) is 32.7 Å². The van der Waals surface area contributed by atoms with Crippen LogP contribution in [0.25, 0.3) is 21.5 Å².